The van der Waals surface area contributed by atoms with Crippen LogP contribution in [0.15, 0.2) is 46.9 Å². The van der Waals surface area contributed by atoms with E-state index in [0.717, 1.165) is 54.3 Å². The third-order valence-corrected chi connectivity index (χ3v) is 4.93. The van der Waals surface area contributed by atoms with Crippen LogP contribution in [0.5, 0.6) is 11.5 Å². The summed E-state index contributed by atoms with van der Waals surface area (Å²) in [4.78, 5) is 2.41. The first-order valence-electron chi connectivity index (χ1n) is 9.14. The molecule has 0 saturated heterocycles. The summed E-state index contributed by atoms with van der Waals surface area (Å²) in [6.07, 6.45) is 0. The molecule has 142 valence electrons. The lowest BCUT2D eigenvalue weighted by atomic mass is 10.2. The van der Waals surface area contributed by atoms with Crippen LogP contribution in [0.1, 0.15) is 25.0 Å². The van der Waals surface area contributed by atoms with E-state index in [2.05, 4.69) is 58.2 Å². The SMILES string of the molecule is CCN(CC)CCNCc1cc(Br)c(OCc2ccccc2)c(OC)c1. The average Bonchev–Trinajstić information content (AvgIpc) is 2.67. The van der Waals surface area contributed by atoms with Crippen molar-refractivity contribution in [1.82, 2.24) is 10.2 Å². The number of ether oxygens (including phenoxy) is 2. The second-order valence-corrected chi connectivity index (χ2v) is 6.94. The molecule has 2 aromatic rings. The van der Waals surface area contributed by atoms with Gasteiger partial charge in [0.1, 0.15) is 6.61 Å². The Morgan fingerprint density at radius 1 is 1.04 bits per heavy atom. The van der Waals surface area contributed by atoms with Crippen LogP contribution in [0.25, 0.3) is 0 Å². The lowest BCUT2D eigenvalue weighted by Gasteiger charge is -2.18. The molecule has 0 aliphatic carbocycles. The van der Waals surface area contributed by atoms with Gasteiger partial charge in [-0.05, 0) is 52.3 Å². The number of benzene rings is 2. The highest BCUT2D eigenvalue weighted by Crippen LogP contribution is 2.37. The van der Waals surface area contributed by atoms with Gasteiger partial charge in [0, 0.05) is 19.6 Å². The van der Waals surface area contributed by atoms with Gasteiger partial charge in [0.25, 0.3) is 0 Å². The molecule has 1 N–H and O–H groups in total. The Morgan fingerprint density at radius 3 is 2.42 bits per heavy atom. The summed E-state index contributed by atoms with van der Waals surface area (Å²) in [6.45, 7) is 9.90. The Balaban J connectivity index is 1.95. The van der Waals surface area contributed by atoms with Gasteiger partial charge in [0.05, 0.1) is 11.6 Å². The van der Waals surface area contributed by atoms with E-state index in [1.807, 2.05) is 24.3 Å². The van der Waals surface area contributed by atoms with Gasteiger partial charge in [0.2, 0.25) is 0 Å². The topological polar surface area (TPSA) is 33.7 Å². The molecule has 0 saturated carbocycles. The normalized spacial score (nSPS) is 11.0. The number of methoxy groups -OCH3 is 1. The van der Waals surface area contributed by atoms with Gasteiger partial charge >= 0.3 is 0 Å². The van der Waals surface area contributed by atoms with E-state index >= 15 is 0 Å². The van der Waals surface area contributed by atoms with Crippen molar-refractivity contribution in [1.29, 1.82) is 0 Å². The molecule has 0 aliphatic heterocycles. The second kappa shape index (κ2) is 11.2. The first-order chi connectivity index (χ1) is 12.7. The first-order valence-corrected chi connectivity index (χ1v) is 9.93. The van der Waals surface area contributed by atoms with Gasteiger partial charge in [-0.2, -0.15) is 0 Å². The Bertz CT molecular complexity index is 661. The van der Waals surface area contributed by atoms with Crippen LogP contribution in [0, 0.1) is 0 Å². The maximum Gasteiger partial charge on any atom is 0.175 e. The zero-order valence-electron chi connectivity index (χ0n) is 15.9. The van der Waals surface area contributed by atoms with Crippen LogP contribution in [0.3, 0.4) is 0 Å². The maximum atomic E-state index is 5.99. The molecule has 0 radical (unpaired) electrons. The molecular weight excluding hydrogens is 392 g/mol. The molecule has 5 heteroatoms. The molecule has 0 amide bonds. The molecule has 2 aromatic carbocycles. The van der Waals surface area contributed by atoms with Crippen LogP contribution < -0.4 is 14.8 Å². The van der Waals surface area contributed by atoms with E-state index < -0.39 is 0 Å². The van der Waals surface area contributed by atoms with E-state index in [1.165, 1.54) is 5.56 Å². The predicted octanol–water partition coefficient (Wildman–Crippen LogP) is 4.47. The minimum absolute atomic E-state index is 0.511. The highest BCUT2D eigenvalue weighted by atomic mass is 79.9. The third-order valence-electron chi connectivity index (χ3n) is 4.34. The zero-order chi connectivity index (χ0) is 18.8. The predicted molar refractivity (Wildman–Crippen MR) is 111 cm³/mol. The Kier molecular flexibility index (Phi) is 8.95. The van der Waals surface area contributed by atoms with Crippen LogP contribution in [-0.4, -0.2) is 38.2 Å². The third kappa shape index (κ3) is 6.31. The number of halogens is 1. The number of hydrogen-bond donors (Lipinski definition) is 1. The number of nitrogens with one attached hydrogen (secondary N) is 1. The van der Waals surface area contributed by atoms with E-state index in [0.29, 0.717) is 6.61 Å². The molecule has 0 heterocycles. The minimum Gasteiger partial charge on any atom is -0.493 e. The van der Waals surface area contributed by atoms with Crippen LogP contribution in [0.2, 0.25) is 0 Å². The number of hydrogen-bond acceptors (Lipinski definition) is 4. The van der Waals surface area contributed by atoms with Gasteiger partial charge in [0.15, 0.2) is 11.5 Å². The van der Waals surface area contributed by atoms with Crippen LogP contribution >= 0.6 is 15.9 Å². The molecule has 4 nitrogen and oxygen atoms in total. The number of nitrogens with zero attached hydrogens (tertiary/aromatic N) is 1. The monoisotopic (exact) mass is 420 g/mol. The van der Waals surface area contributed by atoms with Crippen molar-refractivity contribution >= 4 is 15.9 Å². The lowest BCUT2D eigenvalue weighted by Crippen LogP contribution is -2.31. The molecule has 0 bridgehead atoms. The maximum absolute atomic E-state index is 5.99. The Labute approximate surface area is 165 Å². The van der Waals surface area contributed by atoms with E-state index in [4.69, 9.17) is 9.47 Å². The van der Waals surface area contributed by atoms with Crippen molar-refractivity contribution in [3.63, 3.8) is 0 Å². The van der Waals surface area contributed by atoms with Crippen molar-refractivity contribution in [2.24, 2.45) is 0 Å². The minimum atomic E-state index is 0.511. The number of likely N-dealkylation sites (N-methyl/N-ethyl adjacent to an activating group) is 1. The van der Waals surface area contributed by atoms with Gasteiger partial charge in [-0.3, -0.25) is 0 Å². The molecule has 0 unspecified atom stereocenters. The molecular formula is C21H29BrN2O2. The summed E-state index contributed by atoms with van der Waals surface area (Å²) in [5.41, 5.74) is 2.30. The summed E-state index contributed by atoms with van der Waals surface area (Å²) < 4.78 is 12.4. The summed E-state index contributed by atoms with van der Waals surface area (Å²) in [7, 11) is 1.68. The van der Waals surface area contributed by atoms with Gasteiger partial charge < -0.3 is 19.7 Å². The van der Waals surface area contributed by atoms with Gasteiger partial charge in [-0.25, -0.2) is 0 Å². The van der Waals surface area contributed by atoms with Crippen molar-refractivity contribution in [3.05, 3.63) is 58.1 Å². The van der Waals surface area contributed by atoms with Crippen LogP contribution in [-0.2, 0) is 13.2 Å². The van der Waals surface area contributed by atoms with Gasteiger partial charge in [-0.15, -0.1) is 0 Å². The molecule has 0 aromatic heterocycles. The second-order valence-electron chi connectivity index (χ2n) is 6.09. The fourth-order valence-electron chi connectivity index (χ4n) is 2.75. The Morgan fingerprint density at radius 2 is 1.77 bits per heavy atom. The van der Waals surface area contributed by atoms with E-state index in [-0.39, 0.29) is 0 Å². The molecule has 26 heavy (non-hydrogen) atoms. The van der Waals surface area contributed by atoms with Crippen LogP contribution in [0.4, 0.5) is 0 Å². The van der Waals surface area contributed by atoms with E-state index in [9.17, 15) is 0 Å². The highest BCUT2D eigenvalue weighted by Gasteiger charge is 2.12. The largest absolute Gasteiger partial charge is 0.493 e. The molecule has 0 atom stereocenters. The zero-order valence-corrected chi connectivity index (χ0v) is 17.5. The molecule has 2 rings (SSSR count). The van der Waals surface area contributed by atoms with Gasteiger partial charge in [-0.1, -0.05) is 44.2 Å². The number of rotatable bonds is 11. The standard InChI is InChI=1S/C21H29BrN2O2/c1-4-24(5-2)12-11-23-15-18-13-19(22)21(20(14-18)25-3)26-16-17-9-7-6-8-10-17/h6-10,13-14,23H,4-5,11-12,15-16H2,1-3H3. The fraction of sp³-hybridized carbons (Fsp3) is 0.429. The molecule has 0 aliphatic rings. The highest BCUT2D eigenvalue weighted by molar-refractivity contribution is 9.10. The quantitative estimate of drug-likeness (QED) is 0.543. The van der Waals surface area contributed by atoms with E-state index in [1.54, 1.807) is 7.11 Å². The summed E-state index contributed by atoms with van der Waals surface area (Å²) >= 11 is 3.63. The first kappa shape index (κ1) is 20.7. The molecule has 0 fully saturated rings. The molecule has 0 spiro atoms. The van der Waals surface area contributed by atoms with Crippen molar-refractivity contribution < 1.29 is 9.47 Å². The lowest BCUT2D eigenvalue weighted by molar-refractivity contribution is 0.282. The van der Waals surface area contributed by atoms with Crippen molar-refractivity contribution in [2.75, 3.05) is 33.3 Å². The van der Waals surface area contributed by atoms with Crippen molar-refractivity contribution in [2.45, 2.75) is 27.0 Å². The average molecular weight is 421 g/mol. The fourth-order valence-corrected chi connectivity index (χ4v) is 3.36. The summed E-state index contributed by atoms with van der Waals surface area (Å²) in [5.74, 6) is 1.49. The summed E-state index contributed by atoms with van der Waals surface area (Å²) in [6, 6.07) is 14.3. The van der Waals surface area contributed by atoms with Crippen molar-refractivity contribution in [3.8, 4) is 11.5 Å². The smallest absolute Gasteiger partial charge is 0.175 e. The summed E-state index contributed by atoms with van der Waals surface area (Å²) in [5, 5.41) is 3.50. The Hall–Kier alpha value is -1.56.